The van der Waals surface area contributed by atoms with Gasteiger partial charge in [0.1, 0.15) is 5.82 Å². The molecule has 3 rings (SSSR count). The lowest BCUT2D eigenvalue weighted by molar-refractivity contribution is -0.121. The number of hydrazine groups is 1. The average Bonchev–Trinajstić information content (AvgIpc) is 3.32. The van der Waals surface area contributed by atoms with Crippen LogP contribution >= 0.6 is 11.3 Å². The van der Waals surface area contributed by atoms with E-state index in [1.54, 1.807) is 23.6 Å². The van der Waals surface area contributed by atoms with E-state index in [0.717, 1.165) is 23.4 Å². The molecule has 9 heteroatoms. The number of fused-ring (bicyclic) bond motifs is 1. The van der Waals surface area contributed by atoms with Crippen molar-refractivity contribution in [3.8, 4) is 0 Å². The van der Waals surface area contributed by atoms with Crippen LogP contribution in [0.1, 0.15) is 39.9 Å². The van der Waals surface area contributed by atoms with Crippen molar-refractivity contribution in [1.82, 2.24) is 25.7 Å². The molecule has 28 heavy (non-hydrogen) atoms. The Morgan fingerprint density at radius 3 is 2.64 bits per heavy atom. The molecule has 0 bridgehead atoms. The number of nitrogens with zero attached hydrogens (tertiary/aromatic N) is 2. The maximum atomic E-state index is 12.3. The number of rotatable bonds is 6. The van der Waals surface area contributed by atoms with Crippen molar-refractivity contribution >= 4 is 40.1 Å². The zero-order valence-corrected chi connectivity index (χ0v) is 16.4. The normalized spacial score (nSPS) is 10.6. The molecule has 0 aliphatic heterocycles. The largest absolute Gasteiger partial charge is 0.351 e. The quantitative estimate of drug-likeness (QED) is 0.552. The van der Waals surface area contributed by atoms with Crippen LogP contribution < -0.4 is 16.2 Å². The van der Waals surface area contributed by atoms with E-state index in [4.69, 9.17) is 0 Å². The van der Waals surface area contributed by atoms with E-state index < -0.39 is 11.8 Å². The molecule has 1 aromatic carbocycles. The third-order valence-corrected chi connectivity index (χ3v) is 4.94. The van der Waals surface area contributed by atoms with Crippen LogP contribution in [0.15, 0.2) is 35.0 Å². The zero-order valence-electron chi connectivity index (χ0n) is 15.6. The summed E-state index contributed by atoms with van der Waals surface area (Å²) >= 11 is 1.43. The Hall–Kier alpha value is -3.20. The first-order chi connectivity index (χ1) is 13.5. The van der Waals surface area contributed by atoms with Crippen LogP contribution in [0.5, 0.6) is 0 Å². The highest BCUT2D eigenvalue weighted by molar-refractivity contribution is 7.08. The Morgan fingerprint density at radius 2 is 1.93 bits per heavy atom. The molecule has 3 N–H and O–H groups in total. The third-order valence-electron chi connectivity index (χ3n) is 4.25. The van der Waals surface area contributed by atoms with Crippen LogP contribution in [0, 0.1) is 6.92 Å². The van der Waals surface area contributed by atoms with Gasteiger partial charge in [-0.3, -0.25) is 25.2 Å². The van der Waals surface area contributed by atoms with Gasteiger partial charge in [-0.1, -0.05) is 0 Å². The number of carbonyl (C=O) groups excluding carboxylic acids is 3. The van der Waals surface area contributed by atoms with Gasteiger partial charge in [0.25, 0.3) is 11.8 Å². The number of thiophene rings is 1. The number of nitrogens with one attached hydrogen (secondary N) is 3. The standard InChI is InChI=1S/C19H21N5O3S/c1-3-24-12(2)21-15-10-13(4-5-16(15)24)19(27)23-22-17(25)6-8-20-18(26)14-7-9-28-11-14/h4-5,7,9-11H,3,6,8H2,1-2H3,(H,20,26)(H,22,25)(H,23,27). The van der Waals surface area contributed by atoms with Crippen molar-refractivity contribution in [1.29, 1.82) is 0 Å². The first kappa shape index (κ1) is 19.6. The van der Waals surface area contributed by atoms with Crippen LogP contribution in [0.2, 0.25) is 0 Å². The number of hydrogen-bond donors (Lipinski definition) is 3. The zero-order chi connectivity index (χ0) is 20.1. The SMILES string of the molecule is CCn1c(C)nc2cc(C(=O)NNC(=O)CCNC(=O)c3ccsc3)ccc21. The Balaban J connectivity index is 1.49. The summed E-state index contributed by atoms with van der Waals surface area (Å²) < 4.78 is 2.06. The summed E-state index contributed by atoms with van der Waals surface area (Å²) in [5, 5.41) is 6.19. The molecule has 2 aromatic heterocycles. The van der Waals surface area contributed by atoms with E-state index in [2.05, 4.69) is 25.7 Å². The molecule has 146 valence electrons. The molecule has 0 spiro atoms. The van der Waals surface area contributed by atoms with Crippen molar-refractivity contribution in [2.24, 2.45) is 0 Å². The highest BCUT2D eigenvalue weighted by Gasteiger charge is 2.12. The summed E-state index contributed by atoms with van der Waals surface area (Å²) in [6.07, 6.45) is 0.0509. The van der Waals surface area contributed by atoms with Crippen LogP contribution in [0.25, 0.3) is 11.0 Å². The maximum Gasteiger partial charge on any atom is 0.269 e. The number of hydrogen-bond acceptors (Lipinski definition) is 5. The fourth-order valence-corrected chi connectivity index (χ4v) is 3.47. The van der Waals surface area contributed by atoms with Gasteiger partial charge in [-0.25, -0.2) is 4.98 Å². The number of aromatic nitrogens is 2. The second-order valence-corrected chi connectivity index (χ2v) is 6.91. The number of amides is 3. The summed E-state index contributed by atoms with van der Waals surface area (Å²) in [5.41, 5.74) is 7.39. The van der Waals surface area contributed by atoms with E-state index in [9.17, 15) is 14.4 Å². The van der Waals surface area contributed by atoms with Crippen molar-refractivity contribution in [2.75, 3.05) is 6.54 Å². The van der Waals surface area contributed by atoms with Gasteiger partial charge >= 0.3 is 0 Å². The summed E-state index contributed by atoms with van der Waals surface area (Å²) in [7, 11) is 0. The van der Waals surface area contributed by atoms with Gasteiger partial charge < -0.3 is 9.88 Å². The smallest absolute Gasteiger partial charge is 0.269 e. The van der Waals surface area contributed by atoms with E-state index in [1.165, 1.54) is 11.3 Å². The predicted molar refractivity (Wildman–Crippen MR) is 107 cm³/mol. The number of aryl methyl sites for hydroxylation is 2. The molecular weight excluding hydrogens is 378 g/mol. The summed E-state index contributed by atoms with van der Waals surface area (Å²) in [4.78, 5) is 40.4. The molecule has 0 unspecified atom stereocenters. The number of carbonyl (C=O) groups is 3. The van der Waals surface area contributed by atoms with Gasteiger partial charge in [-0.15, -0.1) is 0 Å². The highest BCUT2D eigenvalue weighted by Crippen LogP contribution is 2.17. The Kier molecular flexibility index (Phi) is 6.05. The summed E-state index contributed by atoms with van der Waals surface area (Å²) in [6, 6.07) is 6.94. The fourth-order valence-electron chi connectivity index (χ4n) is 2.84. The van der Waals surface area contributed by atoms with Gasteiger partial charge in [0, 0.05) is 36.0 Å². The second kappa shape index (κ2) is 8.66. The van der Waals surface area contributed by atoms with Gasteiger partial charge in [-0.05, 0) is 43.5 Å². The molecule has 0 saturated carbocycles. The van der Waals surface area contributed by atoms with Gasteiger partial charge in [0.05, 0.1) is 11.0 Å². The van der Waals surface area contributed by atoms with Crippen LogP contribution in [-0.4, -0.2) is 33.8 Å². The van der Waals surface area contributed by atoms with Gasteiger partial charge in [0.15, 0.2) is 0 Å². The van der Waals surface area contributed by atoms with Crippen molar-refractivity contribution in [3.05, 3.63) is 52.0 Å². The molecule has 0 aliphatic carbocycles. The van der Waals surface area contributed by atoms with Crippen LogP contribution in [0.3, 0.4) is 0 Å². The molecule has 0 saturated heterocycles. The number of benzene rings is 1. The lowest BCUT2D eigenvalue weighted by Gasteiger charge is -2.08. The minimum Gasteiger partial charge on any atom is -0.351 e. The lowest BCUT2D eigenvalue weighted by atomic mass is 10.2. The molecular formula is C19H21N5O3S. The first-order valence-corrected chi connectivity index (χ1v) is 9.80. The molecule has 0 fully saturated rings. The Labute approximate surface area is 165 Å². The summed E-state index contributed by atoms with van der Waals surface area (Å²) in [5.74, 6) is -0.173. The Bertz CT molecular complexity index is 1010. The summed E-state index contributed by atoms with van der Waals surface area (Å²) in [6.45, 7) is 4.93. The van der Waals surface area contributed by atoms with E-state index in [0.29, 0.717) is 11.1 Å². The van der Waals surface area contributed by atoms with Crippen LogP contribution in [0.4, 0.5) is 0 Å². The molecule has 3 aromatic rings. The monoisotopic (exact) mass is 399 g/mol. The topological polar surface area (TPSA) is 105 Å². The minimum absolute atomic E-state index is 0.0509. The fraction of sp³-hybridized carbons (Fsp3) is 0.263. The second-order valence-electron chi connectivity index (χ2n) is 6.13. The minimum atomic E-state index is -0.429. The predicted octanol–water partition coefficient (Wildman–Crippen LogP) is 2.01. The highest BCUT2D eigenvalue weighted by atomic mass is 32.1. The molecule has 3 amide bonds. The van der Waals surface area contributed by atoms with Gasteiger partial charge in [-0.2, -0.15) is 11.3 Å². The average molecular weight is 399 g/mol. The van der Waals surface area contributed by atoms with E-state index in [1.807, 2.05) is 25.3 Å². The van der Waals surface area contributed by atoms with Crippen LogP contribution in [-0.2, 0) is 11.3 Å². The molecule has 2 heterocycles. The molecule has 8 nitrogen and oxygen atoms in total. The lowest BCUT2D eigenvalue weighted by Crippen LogP contribution is -2.42. The Morgan fingerprint density at radius 1 is 1.11 bits per heavy atom. The first-order valence-electron chi connectivity index (χ1n) is 8.86. The van der Waals surface area contributed by atoms with E-state index >= 15 is 0 Å². The van der Waals surface area contributed by atoms with Crippen molar-refractivity contribution < 1.29 is 14.4 Å². The molecule has 0 aliphatic rings. The van der Waals surface area contributed by atoms with Crippen molar-refractivity contribution in [3.63, 3.8) is 0 Å². The van der Waals surface area contributed by atoms with E-state index in [-0.39, 0.29) is 18.9 Å². The number of imidazole rings is 1. The van der Waals surface area contributed by atoms with Crippen molar-refractivity contribution in [2.45, 2.75) is 26.8 Å². The van der Waals surface area contributed by atoms with Gasteiger partial charge in [0.2, 0.25) is 5.91 Å². The maximum absolute atomic E-state index is 12.3. The third kappa shape index (κ3) is 4.37. The molecule has 0 radical (unpaired) electrons. The molecule has 0 atom stereocenters.